The van der Waals surface area contributed by atoms with Gasteiger partial charge in [-0.05, 0) is 29.3 Å². The highest BCUT2D eigenvalue weighted by atomic mass is 19.4. The first-order chi connectivity index (χ1) is 13.4. The molecule has 2 heterocycles. The van der Waals surface area contributed by atoms with Crippen molar-refractivity contribution < 1.29 is 22.7 Å². The SMILES string of the molecule is CCOC(=O)c1cnn2c1NC(c1ccc3ccccc3c1)CC2C(F)(F)F. The Morgan fingerprint density at radius 3 is 2.71 bits per heavy atom. The van der Waals surface area contributed by atoms with Crippen LogP contribution in [0.5, 0.6) is 0 Å². The molecule has 2 unspecified atom stereocenters. The molecule has 3 aromatic rings. The molecule has 28 heavy (non-hydrogen) atoms. The fraction of sp³-hybridized carbons (Fsp3) is 0.300. The van der Waals surface area contributed by atoms with Gasteiger partial charge in [-0.15, -0.1) is 0 Å². The number of anilines is 1. The van der Waals surface area contributed by atoms with Crippen LogP contribution in [0.4, 0.5) is 19.0 Å². The lowest BCUT2D eigenvalue weighted by molar-refractivity contribution is -0.173. The van der Waals surface area contributed by atoms with Crippen LogP contribution in [-0.4, -0.2) is 28.5 Å². The molecular formula is C20H18F3N3O2. The highest BCUT2D eigenvalue weighted by molar-refractivity contribution is 5.94. The monoisotopic (exact) mass is 389 g/mol. The summed E-state index contributed by atoms with van der Waals surface area (Å²) in [6, 6.07) is 10.8. The van der Waals surface area contributed by atoms with Crippen molar-refractivity contribution in [2.75, 3.05) is 11.9 Å². The van der Waals surface area contributed by atoms with Gasteiger partial charge in [-0.3, -0.25) is 0 Å². The molecule has 0 bridgehead atoms. The van der Waals surface area contributed by atoms with Crippen molar-refractivity contribution in [3.05, 3.63) is 59.8 Å². The Bertz CT molecular complexity index is 1030. The molecule has 0 amide bonds. The lowest BCUT2D eigenvalue weighted by atomic mass is 9.94. The van der Waals surface area contributed by atoms with Crippen LogP contribution in [0.1, 0.15) is 41.3 Å². The summed E-state index contributed by atoms with van der Waals surface area (Å²) in [7, 11) is 0. The van der Waals surface area contributed by atoms with Crippen LogP contribution in [0.2, 0.25) is 0 Å². The second-order valence-corrected chi connectivity index (χ2v) is 6.67. The summed E-state index contributed by atoms with van der Waals surface area (Å²) in [4.78, 5) is 12.2. The number of aromatic nitrogens is 2. The summed E-state index contributed by atoms with van der Waals surface area (Å²) in [6.45, 7) is 1.76. The van der Waals surface area contributed by atoms with E-state index in [2.05, 4.69) is 10.4 Å². The van der Waals surface area contributed by atoms with E-state index in [9.17, 15) is 18.0 Å². The molecule has 1 aliphatic heterocycles. The fourth-order valence-electron chi connectivity index (χ4n) is 3.56. The van der Waals surface area contributed by atoms with Crippen molar-refractivity contribution in [2.24, 2.45) is 0 Å². The quantitative estimate of drug-likeness (QED) is 0.649. The molecule has 0 saturated heterocycles. The predicted molar refractivity (Wildman–Crippen MR) is 98.2 cm³/mol. The van der Waals surface area contributed by atoms with Crippen LogP contribution >= 0.6 is 0 Å². The van der Waals surface area contributed by atoms with E-state index in [1.165, 1.54) is 0 Å². The summed E-state index contributed by atoms with van der Waals surface area (Å²) >= 11 is 0. The van der Waals surface area contributed by atoms with Crippen molar-refractivity contribution in [2.45, 2.75) is 31.6 Å². The van der Waals surface area contributed by atoms with Gasteiger partial charge < -0.3 is 10.1 Å². The van der Waals surface area contributed by atoms with Gasteiger partial charge in [0.25, 0.3) is 0 Å². The maximum Gasteiger partial charge on any atom is 0.410 e. The first-order valence-electron chi connectivity index (χ1n) is 8.95. The summed E-state index contributed by atoms with van der Waals surface area (Å²) in [6.07, 6.45) is -3.59. The molecule has 0 radical (unpaired) electrons. The zero-order valence-electron chi connectivity index (χ0n) is 15.0. The van der Waals surface area contributed by atoms with Crippen LogP contribution in [0.3, 0.4) is 0 Å². The van der Waals surface area contributed by atoms with Crippen molar-refractivity contribution in [1.82, 2.24) is 9.78 Å². The number of hydrogen-bond donors (Lipinski definition) is 1. The van der Waals surface area contributed by atoms with Gasteiger partial charge in [0.15, 0.2) is 6.04 Å². The minimum atomic E-state index is -4.50. The Hall–Kier alpha value is -3.03. The van der Waals surface area contributed by atoms with Crippen molar-refractivity contribution >= 4 is 22.6 Å². The van der Waals surface area contributed by atoms with Crippen LogP contribution in [0.25, 0.3) is 10.8 Å². The molecule has 1 N–H and O–H groups in total. The van der Waals surface area contributed by atoms with Gasteiger partial charge in [0.2, 0.25) is 0 Å². The van der Waals surface area contributed by atoms with E-state index in [0.717, 1.165) is 27.2 Å². The second kappa shape index (κ2) is 6.85. The maximum atomic E-state index is 13.7. The number of carbonyl (C=O) groups excluding carboxylic acids is 1. The molecular weight excluding hydrogens is 371 g/mol. The Kier molecular flexibility index (Phi) is 4.49. The van der Waals surface area contributed by atoms with Crippen molar-refractivity contribution in [3.8, 4) is 0 Å². The van der Waals surface area contributed by atoms with E-state index >= 15 is 0 Å². The zero-order chi connectivity index (χ0) is 19.9. The number of fused-ring (bicyclic) bond motifs is 2. The molecule has 146 valence electrons. The molecule has 2 atom stereocenters. The number of ether oxygens (including phenoxy) is 1. The number of nitrogens with one attached hydrogen (secondary N) is 1. The van der Waals surface area contributed by atoms with Gasteiger partial charge >= 0.3 is 12.1 Å². The maximum absolute atomic E-state index is 13.7. The third kappa shape index (κ3) is 3.19. The highest BCUT2D eigenvalue weighted by Crippen LogP contribution is 2.44. The van der Waals surface area contributed by atoms with E-state index in [-0.39, 0.29) is 24.4 Å². The average Bonchev–Trinajstić information content (AvgIpc) is 3.10. The second-order valence-electron chi connectivity index (χ2n) is 6.67. The van der Waals surface area contributed by atoms with Gasteiger partial charge in [-0.2, -0.15) is 18.3 Å². The first-order valence-corrected chi connectivity index (χ1v) is 8.95. The molecule has 0 aliphatic carbocycles. The Labute approximate surface area is 159 Å². The third-order valence-corrected chi connectivity index (χ3v) is 4.91. The number of hydrogen-bond acceptors (Lipinski definition) is 4. The third-order valence-electron chi connectivity index (χ3n) is 4.91. The average molecular weight is 389 g/mol. The summed E-state index contributed by atoms with van der Waals surface area (Å²) < 4.78 is 46.9. The number of alkyl halides is 3. The smallest absolute Gasteiger partial charge is 0.410 e. The largest absolute Gasteiger partial charge is 0.462 e. The standard InChI is InChI=1S/C20H18F3N3O2/c1-2-28-19(27)15-11-24-26-17(20(21,22)23)10-16(25-18(15)26)14-8-7-12-5-3-4-6-13(12)9-14/h3-9,11,16-17,25H,2,10H2,1H3. The van der Waals surface area contributed by atoms with Crippen molar-refractivity contribution in [1.29, 1.82) is 0 Å². The van der Waals surface area contributed by atoms with E-state index in [0.29, 0.717) is 0 Å². The molecule has 0 fully saturated rings. The number of rotatable bonds is 3. The summed E-state index contributed by atoms with van der Waals surface area (Å²) in [5.41, 5.74) is 0.719. The number of halogens is 3. The van der Waals surface area contributed by atoms with Crippen LogP contribution in [0.15, 0.2) is 48.7 Å². The molecule has 8 heteroatoms. The minimum Gasteiger partial charge on any atom is -0.462 e. The normalized spacial score (nSPS) is 19.1. The van der Waals surface area contributed by atoms with E-state index in [4.69, 9.17) is 4.74 Å². The van der Waals surface area contributed by atoms with Crippen LogP contribution in [0, 0.1) is 0 Å². The first kappa shape index (κ1) is 18.3. The Morgan fingerprint density at radius 1 is 1.25 bits per heavy atom. The lowest BCUT2D eigenvalue weighted by Crippen LogP contribution is -2.36. The molecule has 1 aromatic heterocycles. The van der Waals surface area contributed by atoms with E-state index in [1.807, 2.05) is 42.5 Å². The Morgan fingerprint density at radius 2 is 2.00 bits per heavy atom. The predicted octanol–water partition coefficient (Wildman–Crippen LogP) is 4.87. The van der Waals surface area contributed by atoms with Crippen molar-refractivity contribution in [3.63, 3.8) is 0 Å². The fourth-order valence-corrected chi connectivity index (χ4v) is 3.56. The highest BCUT2D eigenvalue weighted by Gasteiger charge is 2.47. The number of benzene rings is 2. The number of esters is 1. The molecule has 5 nitrogen and oxygen atoms in total. The Balaban J connectivity index is 1.77. The molecule has 0 saturated carbocycles. The van der Waals surface area contributed by atoms with Gasteiger partial charge in [0.05, 0.1) is 18.8 Å². The van der Waals surface area contributed by atoms with Gasteiger partial charge in [0, 0.05) is 6.42 Å². The topological polar surface area (TPSA) is 56.1 Å². The van der Waals surface area contributed by atoms with Crippen LogP contribution in [-0.2, 0) is 4.74 Å². The number of nitrogens with zero attached hydrogens (tertiary/aromatic N) is 2. The van der Waals surface area contributed by atoms with E-state index < -0.39 is 24.2 Å². The molecule has 1 aliphatic rings. The number of carbonyl (C=O) groups is 1. The summed E-state index contributed by atoms with van der Waals surface area (Å²) in [5.74, 6) is -0.665. The zero-order valence-corrected chi connectivity index (χ0v) is 15.0. The van der Waals surface area contributed by atoms with E-state index in [1.54, 1.807) is 6.92 Å². The minimum absolute atomic E-state index is 0.00147. The van der Waals surface area contributed by atoms with Gasteiger partial charge in [0.1, 0.15) is 11.4 Å². The molecule has 4 rings (SSSR count). The van der Waals surface area contributed by atoms with Crippen LogP contribution < -0.4 is 5.32 Å². The molecule has 2 aromatic carbocycles. The summed E-state index contributed by atoms with van der Waals surface area (Å²) in [5, 5.41) is 8.83. The lowest BCUT2D eigenvalue weighted by Gasteiger charge is -2.34. The molecule has 0 spiro atoms. The van der Waals surface area contributed by atoms with Gasteiger partial charge in [-0.25, -0.2) is 9.48 Å². The van der Waals surface area contributed by atoms with Gasteiger partial charge in [-0.1, -0.05) is 36.4 Å².